The maximum absolute atomic E-state index is 11.1. The van der Waals surface area contributed by atoms with Crippen molar-refractivity contribution in [3.63, 3.8) is 0 Å². The fraction of sp³-hybridized carbons (Fsp3) is 0.636. The van der Waals surface area contributed by atoms with Crippen molar-refractivity contribution in [2.75, 3.05) is 13.2 Å². The molecule has 84 valence electrons. The Kier molecular flexibility index (Phi) is 8.16. The molecule has 15 heavy (non-hydrogen) atoms. The number of nitrogens with zero attached hydrogens (tertiary/aromatic N) is 1. The van der Waals surface area contributed by atoms with Crippen LogP contribution in [0.15, 0.2) is 11.8 Å². The Bertz CT molecular complexity index is 253. The third-order valence-electron chi connectivity index (χ3n) is 1.68. The van der Waals surface area contributed by atoms with Gasteiger partial charge in [-0.15, -0.1) is 0 Å². The highest BCUT2D eigenvalue weighted by atomic mass is 16.5. The summed E-state index contributed by atoms with van der Waals surface area (Å²) in [6.07, 6.45) is 4.29. The monoisotopic (exact) mass is 211 g/mol. The first-order valence-corrected chi connectivity index (χ1v) is 5.15. The van der Waals surface area contributed by atoms with Gasteiger partial charge in [-0.05, 0) is 13.3 Å². The third kappa shape index (κ3) is 6.55. The molecule has 0 aliphatic heterocycles. The Morgan fingerprint density at radius 2 is 2.13 bits per heavy atom. The summed E-state index contributed by atoms with van der Waals surface area (Å²) in [6.45, 7) is 4.57. The second-order valence-corrected chi connectivity index (χ2v) is 2.94. The molecule has 0 aliphatic carbocycles. The van der Waals surface area contributed by atoms with Crippen LogP contribution in [-0.4, -0.2) is 19.2 Å². The maximum Gasteiger partial charge on any atom is 0.352 e. The lowest BCUT2D eigenvalue weighted by Gasteiger charge is -2.01. The molecule has 0 bridgehead atoms. The molecule has 0 N–H and O–H groups in total. The number of unbranched alkanes of at least 4 members (excludes halogenated alkanes) is 2. The first-order chi connectivity index (χ1) is 7.26. The number of rotatable bonds is 7. The maximum atomic E-state index is 11.1. The smallest absolute Gasteiger partial charge is 0.352 e. The van der Waals surface area contributed by atoms with Gasteiger partial charge in [0.2, 0.25) is 0 Å². The molecule has 0 radical (unpaired) electrons. The van der Waals surface area contributed by atoms with Crippen LogP contribution in [0.4, 0.5) is 0 Å². The van der Waals surface area contributed by atoms with E-state index in [9.17, 15) is 4.79 Å². The first-order valence-electron chi connectivity index (χ1n) is 5.15. The summed E-state index contributed by atoms with van der Waals surface area (Å²) in [5.74, 6) is -0.629. The number of nitriles is 1. The Morgan fingerprint density at radius 1 is 1.40 bits per heavy atom. The van der Waals surface area contributed by atoms with Crippen LogP contribution in [0.3, 0.4) is 0 Å². The number of ether oxygens (including phenoxy) is 2. The van der Waals surface area contributed by atoms with Gasteiger partial charge in [-0.1, -0.05) is 19.8 Å². The number of hydrogen-bond donors (Lipinski definition) is 0. The second-order valence-electron chi connectivity index (χ2n) is 2.94. The van der Waals surface area contributed by atoms with Gasteiger partial charge in [-0.3, -0.25) is 0 Å². The van der Waals surface area contributed by atoms with Crippen LogP contribution in [0, 0.1) is 11.3 Å². The molecule has 0 saturated carbocycles. The fourth-order valence-electron chi connectivity index (χ4n) is 0.907. The SMILES string of the molecule is CCCCCOC=C(C#N)C(=O)OCC. The van der Waals surface area contributed by atoms with Crippen molar-refractivity contribution in [3.8, 4) is 6.07 Å². The van der Waals surface area contributed by atoms with E-state index in [0.717, 1.165) is 19.3 Å². The number of carbonyl (C=O) groups is 1. The van der Waals surface area contributed by atoms with Crippen molar-refractivity contribution in [1.29, 1.82) is 5.26 Å². The van der Waals surface area contributed by atoms with Gasteiger partial charge in [0.15, 0.2) is 5.57 Å². The number of esters is 1. The minimum absolute atomic E-state index is 0.0895. The van der Waals surface area contributed by atoms with E-state index in [1.165, 1.54) is 6.26 Å². The largest absolute Gasteiger partial charge is 0.500 e. The minimum Gasteiger partial charge on any atom is -0.500 e. The third-order valence-corrected chi connectivity index (χ3v) is 1.68. The van der Waals surface area contributed by atoms with Crippen LogP contribution in [0.2, 0.25) is 0 Å². The lowest BCUT2D eigenvalue weighted by molar-refractivity contribution is -0.138. The Hall–Kier alpha value is -1.50. The molecule has 0 aliphatic rings. The van der Waals surface area contributed by atoms with Gasteiger partial charge in [0.05, 0.1) is 13.2 Å². The summed E-state index contributed by atoms with van der Waals surface area (Å²) in [6, 6.07) is 1.74. The second kappa shape index (κ2) is 9.07. The first kappa shape index (κ1) is 13.5. The lowest BCUT2D eigenvalue weighted by Crippen LogP contribution is -2.06. The molecule has 4 nitrogen and oxygen atoms in total. The van der Waals surface area contributed by atoms with Gasteiger partial charge in [0.1, 0.15) is 12.3 Å². The van der Waals surface area contributed by atoms with Crippen LogP contribution < -0.4 is 0 Å². The van der Waals surface area contributed by atoms with Gasteiger partial charge < -0.3 is 9.47 Å². The summed E-state index contributed by atoms with van der Waals surface area (Å²) in [4.78, 5) is 11.1. The van der Waals surface area contributed by atoms with Gasteiger partial charge in [0.25, 0.3) is 0 Å². The summed E-state index contributed by atoms with van der Waals surface area (Å²) in [5, 5.41) is 8.63. The summed E-state index contributed by atoms with van der Waals surface area (Å²) >= 11 is 0. The van der Waals surface area contributed by atoms with Gasteiger partial charge >= 0.3 is 5.97 Å². The quantitative estimate of drug-likeness (QED) is 0.213. The van der Waals surface area contributed by atoms with E-state index in [2.05, 4.69) is 11.7 Å². The van der Waals surface area contributed by atoms with Crippen molar-refractivity contribution in [2.24, 2.45) is 0 Å². The van der Waals surface area contributed by atoms with Crippen molar-refractivity contribution < 1.29 is 14.3 Å². The molecule has 0 spiro atoms. The van der Waals surface area contributed by atoms with Gasteiger partial charge in [0, 0.05) is 0 Å². The van der Waals surface area contributed by atoms with E-state index < -0.39 is 5.97 Å². The normalized spacial score (nSPS) is 10.6. The zero-order chi connectivity index (χ0) is 11.5. The molecule has 0 saturated heterocycles. The number of carbonyl (C=O) groups excluding carboxylic acids is 1. The van der Waals surface area contributed by atoms with Crippen LogP contribution >= 0.6 is 0 Å². The zero-order valence-electron chi connectivity index (χ0n) is 9.28. The van der Waals surface area contributed by atoms with Crippen molar-refractivity contribution in [3.05, 3.63) is 11.8 Å². The average Bonchev–Trinajstić information content (AvgIpc) is 2.23. The highest BCUT2D eigenvalue weighted by Crippen LogP contribution is 1.99. The van der Waals surface area contributed by atoms with Crippen LogP contribution in [-0.2, 0) is 14.3 Å². The molecule has 0 unspecified atom stereocenters. The predicted molar refractivity (Wildman–Crippen MR) is 55.8 cm³/mol. The standard InChI is InChI=1S/C11H17NO3/c1-3-5-6-7-14-9-10(8-12)11(13)15-4-2/h9H,3-7H2,1-2H3. The minimum atomic E-state index is -0.629. The van der Waals surface area contributed by atoms with Crippen LogP contribution in [0.1, 0.15) is 33.1 Å². The molecule has 0 atom stereocenters. The fourth-order valence-corrected chi connectivity index (χ4v) is 0.907. The molecule has 0 aromatic carbocycles. The molecule has 0 heterocycles. The van der Waals surface area contributed by atoms with Crippen molar-refractivity contribution in [1.82, 2.24) is 0 Å². The average molecular weight is 211 g/mol. The number of hydrogen-bond acceptors (Lipinski definition) is 4. The molecular weight excluding hydrogens is 194 g/mol. The van der Waals surface area contributed by atoms with E-state index in [-0.39, 0.29) is 12.2 Å². The molecule has 0 fully saturated rings. The van der Waals surface area contributed by atoms with E-state index in [1.54, 1.807) is 13.0 Å². The van der Waals surface area contributed by atoms with E-state index >= 15 is 0 Å². The molecule has 0 rings (SSSR count). The highest BCUT2D eigenvalue weighted by Gasteiger charge is 2.09. The zero-order valence-corrected chi connectivity index (χ0v) is 9.28. The van der Waals surface area contributed by atoms with Crippen LogP contribution in [0.25, 0.3) is 0 Å². The summed E-state index contributed by atoms with van der Waals surface area (Å²) in [7, 11) is 0. The lowest BCUT2D eigenvalue weighted by atomic mass is 10.3. The van der Waals surface area contributed by atoms with E-state index in [4.69, 9.17) is 10.00 Å². The Balaban J connectivity index is 3.90. The molecule has 4 heteroatoms. The van der Waals surface area contributed by atoms with Crippen LogP contribution in [0.5, 0.6) is 0 Å². The molecule has 0 amide bonds. The topological polar surface area (TPSA) is 59.3 Å². The highest BCUT2D eigenvalue weighted by molar-refractivity contribution is 5.92. The van der Waals surface area contributed by atoms with E-state index in [1.807, 2.05) is 0 Å². The van der Waals surface area contributed by atoms with Crippen molar-refractivity contribution >= 4 is 5.97 Å². The Morgan fingerprint density at radius 3 is 2.67 bits per heavy atom. The predicted octanol–water partition coefficient (Wildman–Crippen LogP) is 2.16. The summed E-state index contributed by atoms with van der Waals surface area (Å²) < 4.78 is 9.73. The molecule has 0 aromatic heterocycles. The Labute approximate surface area is 90.5 Å². The van der Waals surface area contributed by atoms with Crippen molar-refractivity contribution in [2.45, 2.75) is 33.1 Å². The summed E-state index contributed by atoms with van der Waals surface area (Å²) in [5.41, 5.74) is -0.0895. The van der Waals surface area contributed by atoms with Gasteiger partial charge in [-0.2, -0.15) is 5.26 Å². The molecular formula is C11H17NO3. The van der Waals surface area contributed by atoms with E-state index in [0.29, 0.717) is 6.61 Å². The molecule has 0 aromatic rings. The van der Waals surface area contributed by atoms with Gasteiger partial charge in [-0.25, -0.2) is 4.79 Å².